The Labute approximate surface area is 151 Å². The van der Waals surface area contributed by atoms with Gasteiger partial charge in [-0.05, 0) is 37.0 Å². The maximum Gasteiger partial charge on any atom is 0.244 e. The summed E-state index contributed by atoms with van der Waals surface area (Å²) in [6, 6.07) is 6.86. The highest BCUT2D eigenvalue weighted by Crippen LogP contribution is 2.24. The van der Waals surface area contributed by atoms with Crippen molar-refractivity contribution in [2.45, 2.75) is 17.7 Å². The molecule has 1 aliphatic rings. The number of fused-ring (bicyclic) bond motifs is 1. The van der Waals surface area contributed by atoms with E-state index in [1.807, 2.05) is 6.07 Å². The molecule has 0 radical (unpaired) electrons. The van der Waals surface area contributed by atoms with Crippen LogP contribution in [0, 0.1) is 5.92 Å². The predicted molar refractivity (Wildman–Crippen MR) is 94.2 cm³/mol. The molecular weight excluding hydrogens is 354 g/mol. The van der Waals surface area contributed by atoms with Gasteiger partial charge in [-0.15, -0.1) is 5.10 Å². The molecule has 136 valence electrons. The molecule has 26 heavy (non-hydrogen) atoms. The maximum absolute atomic E-state index is 12.6. The first-order chi connectivity index (χ1) is 12.6. The first-order valence-electron chi connectivity index (χ1n) is 8.46. The molecule has 1 aliphatic heterocycles. The number of rotatable bonds is 5. The zero-order chi connectivity index (χ0) is 18.0. The van der Waals surface area contributed by atoms with E-state index < -0.39 is 10.0 Å². The fourth-order valence-electron chi connectivity index (χ4n) is 3.04. The molecule has 0 atom stereocenters. The van der Waals surface area contributed by atoms with Crippen molar-refractivity contribution in [2.75, 3.05) is 19.7 Å². The number of hydrogen-bond acceptors (Lipinski definition) is 6. The predicted octanol–water partition coefficient (Wildman–Crippen LogP) is 1.60. The molecule has 8 nitrogen and oxygen atoms in total. The van der Waals surface area contributed by atoms with E-state index >= 15 is 0 Å². The monoisotopic (exact) mass is 373 g/mol. The number of hydrogen-bond donors (Lipinski definition) is 0. The lowest BCUT2D eigenvalue weighted by Gasteiger charge is -2.30. The van der Waals surface area contributed by atoms with E-state index in [1.165, 1.54) is 10.5 Å². The van der Waals surface area contributed by atoms with Crippen LogP contribution >= 0.6 is 0 Å². The lowest BCUT2D eigenvalue weighted by atomic mass is 9.99. The van der Waals surface area contributed by atoms with Crippen LogP contribution in [0.3, 0.4) is 0 Å². The number of pyridine rings is 1. The Morgan fingerprint density at radius 2 is 2.00 bits per heavy atom. The van der Waals surface area contributed by atoms with Crippen LogP contribution in [0.5, 0.6) is 5.88 Å². The molecule has 0 spiro atoms. The van der Waals surface area contributed by atoms with Crippen molar-refractivity contribution in [3.05, 3.63) is 49.1 Å². The van der Waals surface area contributed by atoms with Crippen molar-refractivity contribution in [3.8, 4) is 5.88 Å². The average molecular weight is 373 g/mol. The summed E-state index contributed by atoms with van der Waals surface area (Å²) in [6.07, 6.45) is 7.92. The fraction of sp³-hybridized carbons (Fsp3) is 0.353. The number of sulfonamides is 1. The van der Waals surface area contributed by atoms with Crippen LogP contribution in [-0.4, -0.2) is 52.0 Å². The molecule has 4 heterocycles. The molecule has 3 aromatic heterocycles. The Morgan fingerprint density at radius 1 is 1.15 bits per heavy atom. The lowest BCUT2D eigenvalue weighted by Crippen LogP contribution is -2.39. The van der Waals surface area contributed by atoms with E-state index in [0.717, 1.165) is 18.5 Å². The summed E-state index contributed by atoms with van der Waals surface area (Å²) in [7, 11) is -3.46. The van der Waals surface area contributed by atoms with E-state index in [9.17, 15) is 8.42 Å². The van der Waals surface area contributed by atoms with Crippen molar-refractivity contribution in [2.24, 2.45) is 5.92 Å². The standard InChI is InChI=1S/C17H19N5O3S/c23-26(24,15-2-1-7-18-12-15)21-9-5-14(6-10-21)13-25-17-4-3-16-19-8-11-22(16)20-17/h1-4,7-8,11-12,14H,5-6,9-10,13H2. The first-order valence-corrected chi connectivity index (χ1v) is 9.90. The van der Waals surface area contributed by atoms with Crippen LogP contribution in [0.4, 0.5) is 0 Å². The van der Waals surface area contributed by atoms with Crippen molar-refractivity contribution >= 4 is 15.7 Å². The number of ether oxygens (including phenoxy) is 1. The van der Waals surface area contributed by atoms with Crippen molar-refractivity contribution in [1.29, 1.82) is 0 Å². The van der Waals surface area contributed by atoms with E-state index in [4.69, 9.17) is 4.74 Å². The van der Waals surface area contributed by atoms with Gasteiger partial charge in [-0.2, -0.15) is 4.31 Å². The van der Waals surface area contributed by atoms with E-state index in [-0.39, 0.29) is 4.90 Å². The van der Waals surface area contributed by atoms with Gasteiger partial charge < -0.3 is 4.74 Å². The third kappa shape index (κ3) is 3.40. The molecule has 3 aromatic rings. The third-order valence-electron chi connectivity index (χ3n) is 4.54. The van der Waals surface area contributed by atoms with Crippen LogP contribution < -0.4 is 4.74 Å². The zero-order valence-corrected chi connectivity index (χ0v) is 14.9. The SMILES string of the molecule is O=S(=O)(c1cccnc1)N1CCC(COc2ccc3nccn3n2)CC1. The summed E-state index contributed by atoms with van der Waals surface area (Å²) in [5.41, 5.74) is 0.770. The van der Waals surface area contributed by atoms with Gasteiger partial charge in [0.2, 0.25) is 15.9 Å². The zero-order valence-electron chi connectivity index (χ0n) is 14.1. The van der Waals surface area contributed by atoms with Crippen LogP contribution in [0.15, 0.2) is 53.9 Å². The van der Waals surface area contributed by atoms with Gasteiger partial charge in [0.1, 0.15) is 4.90 Å². The largest absolute Gasteiger partial charge is 0.476 e. The molecular formula is C17H19N5O3S. The van der Waals surface area contributed by atoms with Crippen molar-refractivity contribution in [3.63, 3.8) is 0 Å². The summed E-state index contributed by atoms with van der Waals surface area (Å²) in [6.45, 7) is 1.49. The van der Waals surface area contributed by atoms with Gasteiger partial charge >= 0.3 is 0 Å². The van der Waals surface area contributed by atoms with Gasteiger partial charge in [0, 0.05) is 43.9 Å². The molecule has 0 amide bonds. The van der Waals surface area contributed by atoms with Crippen LogP contribution in [0.2, 0.25) is 0 Å². The second-order valence-electron chi connectivity index (χ2n) is 6.25. The van der Waals surface area contributed by atoms with Gasteiger partial charge in [0.25, 0.3) is 0 Å². The van der Waals surface area contributed by atoms with Crippen LogP contribution in [-0.2, 0) is 10.0 Å². The van der Waals surface area contributed by atoms with Gasteiger partial charge in [0.15, 0.2) is 5.65 Å². The third-order valence-corrected chi connectivity index (χ3v) is 6.43. The highest BCUT2D eigenvalue weighted by atomic mass is 32.2. The highest BCUT2D eigenvalue weighted by molar-refractivity contribution is 7.89. The van der Waals surface area contributed by atoms with Crippen molar-refractivity contribution < 1.29 is 13.2 Å². The lowest BCUT2D eigenvalue weighted by molar-refractivity contribution is 0.179. The van der Waals surface area contributed by atoms with Gasteiger partial charge in [0.05, 0.1) is 6.61 Å². The first kappa shape index (κ1) is 16.9. The summed E-state index contributed by atoms with van der Waals surface area (Å²) in [4.78, 5) is 8.29. The molecule has 1 fully saturated rings. The fourth-order valence-corrected chi connectivity index (χ4v) is 4.48. The molecule has 0 unspecified atom stereocenters. The molecule has 0 N–H and O–H groups in total. The molecule has 0 aliphatic carbocycles. The summed E-state index contributed by atoms with van der Waals surface area (Å²) in [5.74, 6) is 0.844. The number of aromatic nitrogens is 4. The highest BCUT2D eigenvalue weighted by Gasteiger charge is 2.29. The minimum atomic E-state index is -3.46. The number of imidazole rings is 1. The summed E-state index contributed by atoms with van der Waals surface area (Å²) in [5, 5.41) is 4.33. The van der Waals surface area contributed by atoms with E-state index in [2.05, 4.69) is 15.1 Å². The van der Waals surface area contributed by atoms with Crippen LogP contribution in [0.1, 0.15) is 12.8 Å². The van der Waals surface area contributed by atoms with Crippen LogP contribution in [0.25, 0.3) is 5.65 Å². The number of nitrogens with zero attached hydrogens (tertiary/aromatic N) is 5. The van der Waals surface area contributed by atoms with Gasteiger partial charge in [-0.1, -0.05) is 0 Å². The maximum atomic E-state index is 12.6. The Bertz CT molecular complexity index is 982. The smallest absolute Gasteiger partial charge is 0.244 e. The summed E-state index contributed by atoms with van der Waals surface area (Å²) < 4.78 is 34.2. The molecule has 1 saturated heterocycles. The number of piperidine rings is 1. The Hall–Kier alpha value is -2.52. The molecule has 0 bridgehead atoms. The Balaban J connectivity index is 1.33. The van der Waals surface area contributed by atoms with E-state index in [0.29, 0.717) is 31.5 Å². The minimum Gasteiger partial charge on any atom is -0.476 e. The Morgan fingerprint density at radius 3 is 2.77 bits per heavy atom. The quantitative estimate of drug-likeness (QED) is 0.675. The Kier molecular flexibility index (Phi) is 4.56. The van der Waals surface area contributed by atoms with Crippen molar-refractivity contribution in [1.82, 2.24) is 23.9 Å². The molecule has 0 saturated carbocycles. The van der Waals surface area contributed by atoms with E-state index in [1.54, 1.807) is 41.3 Å². The molecule has 4 rings (SSSR count). The van der Waals surface area contributed by atoms with Gasteiger partial charge in [-0.25, -0.2) is 17.9 Å². The normalized spacial score (nSPS) is 16.8. The summed E-state index contributed by atoms with van der Waals surface area (Å²) >= 11 is 0. The average Bonchev–Trinajstić information content (AvgIpc) is 3.15. The molecule has 0 aromatic carbocycles. The second kappa shape index (κ2) is 7.00. The van der Waals surface area contributed by atoms with Gasteiger partial charge in [-0.3, -0.25) is 4.98 Å². The molecule has 9 heteroatoms. The second-order valence-corrected chi connectivity index (χ2v) is 8.19. The minimum absolute atomic E-state index is 0.243. The topological polar surface area (TPSA) is 89.7 Å².